The van der Waals surface area contributed by atoms with Crippen molar-refractivity contribution in [2.75, 3.05) is 20.3 Å². The number of hydrogen-bond acceptors (Lipinski definition) is 3. The molecule has 0 saturated heterocycles. The van der Waals surface area contributed by atoms with E-state index in [4.69, 9.17) is 9.47 Å². The predicted octanol–water partition coefficient (Wildman–Crippen LogP) is 3.71. The number of ether oxygens (including phenoxy) is 2. The van der Waals surface area contributed by atoms with Crippen molar-refractivity contribution >= 4 is 12.0 Å². The van der Waals surface area contributed by atoms with Crippen molar-refractivity contribution < 1.29 is 14.3 Å². The van der Waals surface area contributed by atoms with Gasteiger partial charge in [0, 0.05) is 13.0 Å². The fraction of sp³-hybridized carbons (Fsp3) is 0.389. The lowest BCUT2D eigenvalue weighted by molar-refractivity contribution is -0.139. The molecule has 1 aliphatic rings. The zero-order valence-corrected chi connectivity index (χ0v) is 12.7. The minimum absolute atomic E-state index is 0.116. The third kappa shape index (κ3) is 4.05. The van der Waals surface area contributed by atoms with Crippen LogP contribution in [-0.2, 0) is 14.3 Å². The summed E-state index contributed by atoms with van der Waals surface area (Å²) in [5.41, 5.74) is 3.00. The highest BCUT2D eigenvalue weighted by atomic mass is 16.5. The average Bonchev–Trinajstić information content (AvgIpc) is 2.90. The molecule has 0 N–H and O–H groups in total. The number of methoxy groups -OCH3 is 1. The zero-order valence-electron chi connectivity index (χ0n) is 12.7. The van der Waals surface area contributed by atoms with Gasteiger partial charge in [-0.1, -0.05) is 55.8 Å². The van der Waals surface area contributed by atoms with Crippen molar-refractivity contribution in [1.29, 1.82) is 0 Å². The van der Waals surface area contributed by atoms with E-state index < -0.39 is 0 Å². The Bertz CT molecular complexity index is 543. The van der Waals surface area contributed by atoms with Gasteiger partial charge < -0.3 is 9.47 Å². The number of rotatable bonds is 7. The molecule has 1 unspecified atom stereocenters. The van der Waals surface area contributed by atoms with Crippen LogP contribution in [-0.4, -0.2) is 26.3 Å². The quantitative estimate of drug-likeness (QED) is 0.435. The summed E-state index contributed by atoms with van der Waals surface area (Å²) in [4.78, 5) is 12.1. The fourth-order valence-electron chi connectivity index (χ4n) is 2.37. The number of benzene rings is 1. The van der Waals surface area contributed by atoms with Crippen molar-refractivity contribution in [2.45, 2.75) is 25.7 Å². The van der Waals surface area contributed by atoms with Gasteiger partial charge >= 0.3 is 5.97 Å². The lowest BCUT2D eigenvalue weighted by Crippen LogP contribution is -2.14. The van der Waals surface area contributed by atoms with E-state index in [1.807, 2.05) is 18.2 Å². The van der Waals surface area contributed by atoms with Gasteiger partial charge in [0.15, 0.2) is 0 Å². The van der Waals surface area contributed by atoms with Gasteiger partial charge in [-0.25, -0.2) is 4.79 Å². The molecule has 0 aromatic heterocycles. The second kappa shape index (κ2) is 7.79. The molecule has 0 aliphatic heterocycles. The largest absolute Gasteiger partial charge is 0.462 e. The number of allylic oxidation sites excluding steroid dienone is 2. The maximum absolute atomic E-state index is 12.1. The number of unbranched alkanes of at least 4 members (excludes halogenated alkanes) is 1. The molecule has 0 amide bonds. The van der Waals surface area contributed by atoms with Gasteiger partial charge in [-0.2, -0.15) is 0 Å². The van der Waals surface area contributed by atoms with E-state index in [9.17, 15) is 4.79 Å². The average molecular weight is 286 g/mol. The molecule has 3 heteroatoms. The monoisotopic (exact) mass is 286 g/mol. The van der Waals surface area contributed by atoms with Crippen LogP contribution >= 0.6 is 0 Å². The molecule has 1 aliphatic carbocycles. The summed E-state index contributed by atoms with van der Waals surface area (Å²) >= 11 is 0. The van der Waals surface area contributed by atoms with E-state index in [0.29, 0.717) is 12.2 Å². The standard InChI is InChI=1S/C18H22O3/c1-3-4-11-21-18(19)16(13-20-2)12-15-10-9-14-7-5-6-8-17(14)15/h5-10,12,15H,3-4,11,13H2,1-2H3. The number of fused-ring (bicyclic) bond motifs is 1. The number of hydrogen-bond donors (Lipinski definition) is 0. The van der Waals surface area contributed by atoms with Crippen LogP contribution < -0.4 is 0 Å². The van der Waals surface area contributed by atoms with Crippen LogP contribution in [0.15, 0.2) is 42.0 Å². The first-order valence-corrected chi connectivity index (χ1v) is 7.40. The third-order valence-electron chi connectivity index (χ3n) is 3.51. The van der Waals surface area contributed by atoms with Crippen LogP contribution in [0.2, 0.25) is 0 Å². The van der Waals surface area contributed by atoms with Crippen molar-refractivity contribution in [3.05, 3.63) is 53.1 Å². The highest BCUT2D eigenvalue weighted by Crippen LogP contribution is 2.31. The predicted molar refractivity (Wildman–Crippen MR) is 84.0 cm³/mol. The van der Waals surface area contributed by atoms with Crippen LogP contribution in [0, 0.1) is 0 Å². The molecule has 1 aromatic rings. The first-order valence-electron chi connectivity index (χ1n) is 7.40. The highest BCUT2D eigenvalue weighted by Gasteiger charge is 2.18. The van der Waals surface area contributed by atoms with E-state index in [1.54, 1.807) is 7.11 Å². The minimum Gasteiger partial charge on any atom is -0.462 e. The molecule has 0 radical (unpaired) electrons. The first kappa shape index (κ1) is 15.5. The van der Waals surface area contributed by atoms with Crippen LogP contribution in [0.1, 0.15) is 36.8 Å². The Labute approximate surface area is 126 Å². The van der Waals surface area contributed by atoms with Gasteiger partial charge in [0.05, 0.1) is 18.8 Å². The van der Waals surface area contributed by atoms with E-state index in [-0.39, 0.29) is 18.5 Å². The Morgan fingerprint density at radius 2 is 2.14 bits per heavy atom. The summed E-state index contributed by atoms with van der Waals surface area (Å²) in [6.45, 7) is 2.81. The van der Waals surface area contributed by atoms with E-state index in [1.165, 1.54) is 11.1 Å². The third-order valence-corrected chi connectivity index (χ3v) is 3.51. The Morgan fingerprint density at radius 1 is 1.33 bits per heavy atom. The van der Waals surface area contributed by atoms with Crippen molar-refractivity contribution in [3.63, 3.8) is 0 Å². The van der Waals surface area contributed by atoms with E-state index in [0.717, 1.165) is 12.8 Å². The zero-order chi connectivity index (χ0) is 15.1. The van der Waals surface area contributed by atoms with Gasteiger partial charge in [-0.15, -0.1) is 0 Å². The summed E-state index contributed by atoms with van der Waals surface area (Å²) < 4.78 is 10.4. The molecule has 112 valence electrons. The van der Waals surface area contributed by atoms with Crippen molar-refractivity contribution in [3.8, 4) is 0 Å². The maximum atomic E-state index is 12.1. The SMILES string of the molecule is CCCCOC(=O)C(=CC1C=Cc2ccccc21)COC. The Morgan fingerprint density at radius 3 is 2.90 bits per heavy atom. The fourth-order valence-corrected chi connectivity index (χ4v) is 2.37. The molecule has 0 bridgehead atoms. The van der Waals surface area contributed by atoms with Gasteiger partial charge in [0.1, 0.15) is 0 Å². The molecule has 0 saturated carbocycles. The number of esters is 1. The molecule has 1 atom stereocenters. The number of carbonyl (C=O) groups is 1. The van der Waals surface area contributed by atoms with Crippen LogP contribution in [0.25, 0.3) is 6.08 Å². The van der Waals surface area contributed by atoms with Gasteiger partial charge in [-0.05, 0) is 17.5 Å². The highest BCUT2D eigenvalue weighted by molar-refractivity contribution is 5.89. The second-order valence-corrected chi connectivity index (χ2v) is 5.13. The van der Waals surface area contributed by atoms with Crippen LogP contribution in [0.3, 0.4) is 0 Å². The summed E-state index contributed by atoms with van der Waals surface area (Å²) in [5.74, 6) is -0.159. The lowest BCUT2D eigenvalue weighted by atomic mass is 9.98. The summed E-state index contributed by atoms with van der Waals surface area (Å²) in [7, 11) is 1.59. The summed E-state index contributed by atoms with van der Waals surface area (Å²) in [5, 5.41) is 0. The van der Waals surface area contributed by atoms with Gasteiger partial charge in [-0.3, -0.25) is 0 Å². The van der Waals surface area contributed by atoms with Crippen molar-refractivity contribution in [1.82, 2.24) is 0 Å². The smallest absolute Gasteiger partial charge is 0.336 e. The maximum Gasteiger partial charge on any atom is 0.336 e. The number of carbonyl (C=O) groups excluding carboxylic acids is 1. The van der Waals surface area contributed by atoms with E-state index in [2.05, 4.69) is 31.2 Å². The molecular weight excluding hydrogens is 264 g/mol. The molecule has 21 heavy (non-hydrogen) atoms. The Hall–Kier alpha value is -1.87. The van der Waals surface area contributed by atoms with Crippen molar-refractivity contribution in [2.24, 2.45) is 0 Å². The van der Waals surface area contributed by atoms with Gasteiger partial charge in [0.25, 0.3) is 0 Å². The molecule has 0 fully saturated rings. The first-order chi connectivity index (χ1) is 10.3. The van der Waals surface area contributed by atoms with Crippen LogP contribution in [0.5, 0.6) is 0 Å². The second-order valence-electron chi connectivity index (χ2n) is 5.13. The van der Waals surface area contributed by atoms with Crippen LogP contribution in [0.4, 0.5) is 0 Å². The molecule has 0 spiro atoms. The molecule has 0 heterocycles. The minimum atomic E-state index is -0.275. The molecule has 2 rings (SSSR count). The summed E-state index contributed by atoms with van der Waals surface area (Å²) in [6, 6.07) is 8.20. The summed E-state index contributed by atoms with van der Waals surface area (Å²) in [6.07, 6.45) is 8.02. The Balaban J connectivity index is 2.11. The van der Waals surface area contributed by atoms with E-state index >= 15 is 0 Å². The Kier molecular flexibility index (Phi) is 5.76. The molecule has 3 nitrogen and oxygen atoms in total. The molecular formula is C18H22O3. The lowest BCUT2D eigenvalue weighted by Gasteiger charge is -2.11. The topological polar surface area (TPSA) is 35.5 Å². The molecule has 1 aromatic carbocycles. The van der Waals surface area contributed by atoms with Gasteiger partial charge in [0.2, 0.25) is 0 Å². The normalized spacial score (nSPS) is 16.9.